The summed E-state index contributed by atoms with van der Waals surface area (Å²) in [6.07, 6.45) is -3.28. The molecule has 0 saturated carbocycles. The van der Waals surface area contributed by atoms with Gasteiger partial charge in [-0.25, -0.2) is 8.78 Å². The molecule has 0 aliphatic heterocycles. The van der Waals surface area contributed by atoms with Gasteiger partial charge in [0.05, 0.1) is 19.6 Å². The minimum atomic E-state index is -5.10. The average Bonchev–Trinajstić information content (AvgIpc) is 2.04. The normalized spacial score (nSPS) is 12.7. The van der Waals surface area contributed by atoms with Crippen LogP contribution in [0.25, 0.3) is 0 Å². The molecule has 0 aliphatic carbocycles. The fraction of sp³-hybridized carbons (Fsp3) is 0.833. The molecule has 3 nitrogen and oxygen atoms in total. The molecule has 0 bridgehead atoms. The van der Waals surface area contributed by atoms with Crippen LogP contribution in [0.3, 0.4) is 0 Å². The third kappa shape index (κ3) is 4.04. The van der Waals surface area contributed by atoms with Crippen molar-refractivity contribution in [3.63, 3.8) is 0 Å². The van der Waals surface area contributed by atoms with Crippen molar-refractivity contribution in [3.05, 3.63) is 6.43 Å². The molecule has 15 heavy (non-hydrogen) atoms. The molecule has 0 atom stereocenters. The second-order valence-electron chi connectivity index (χ2n) is 2.13. The van der Waals surface area contributed by atoms with Gasteiger partial charge in [0.15, 0.2) is 0 Å². The molecule has 0 aromatic heterocycles. The van der Waals surface area contributed by atoms with Crippen molar-refractivity contribution in [1.29, 1.82) is 0 Å². The van der Waals surface area contributed by atoms with Crippen molar-refractivity contribution in [1.82, 2.24) is 0 Å². The maximum atomic E-state index is 12.7. The van der Waals surface area contributed by atoms with Crippen LogP contribution >= 0.6 is 7.60 Å². The van der Waals surface area contributed by atoms with Crippen LogP contribution in [0.2, 0.25) is 0 Å². The molecule has 0 unspecified atom stereocenters. The predicted octanol–water partition coefficient (Wildman–Crippen LogP) is 3.27. The van der Waals surface area contributed by atoms with E-state index in [1.165, 1.54) is 13.8 Å². The fourth-order valence-electron chi connectivity index (χ4n) is 0.643. The molecule has 0 aromatic rings. The monoisotopic (exact) mass is 300 g/mol. The summed E-state index contributed by atoms with van der Waals surface area (Å²) in [6, 6.07) is 0. The van der Waals surface area contributed by atoms with Crippen LogP contribution in [0.4, 0.5) is 17.6 Å². The molecule has 0 rings (SSSR count). The van der Waals surface area contributed by atoms with Gasteiger partial charge in [0.2, 0.25) is 0 Å². The second-order valence-corrected chi connectivity index (χ2v) is 4.21. The van der Waals surface area contributed by atoms with E-state index in [-0.39, 0.29) is 17.1 Å². The van der Waals surface area contributed by atoms with Gasteiger partial charge in [0.25, 0.3) is 5.66 Å². The zero-order valence-electron chi connectivity index (χ0n) is 7.90. The molecule has 96 valence electrons. The Morgan fingerprint density at radius 2 is 1.53 bits per heavy atom. The second kappa shape index (κ2) is 6.86. The van der Waals surface area contributed by atoms with Gasteiger partial charge in [0.1, 0.15) is 0 Å². The summed E-state index contributed by atoms with van der Waals surface area (Å²) in [5, 5.41) is 0. The Labute approximate surface area is 95.5 Å². The minimum Gasteiger partial charge on any atom is -0.414 e. The average molecular weight is 301 g/mol. The quantitative estimate of drug-likeness (QED) is 0.327. The summed E-state index contributed by atoms with van der Waals surface area (Å²) in [6.45, 7) is 1.69. The Bertz CT molecular complexity index is 216. The zero-order chi connectivity index (χ0) is 11.4. The van der Waals surface area contributed by atoms with Crippen LogP contribution in [0.15, 0.2) is 0 Å². The predicted molar refractivity (Wildman–Crippen MR) is 41.3 cm³/mol. The smallest absolute Gasteiger partial charge is 0.414 e. The number of alkyl halides is 2. The molecule has 0 radical (unpaired) electrons. The Morgan fingerprint density at radius 1 is 1.20 bits per heavy atom. The van der Waals surface area contributed by atoms with E-state index in [1.807, 2.05) is 0 Å². The fourth-order valence-corrected chi connectivity index (χ4v) is 1.93. The van der Waals surface area contributed by atoms with Crippen molar-refractivity contribution in [2.75, 3.05) is 13.2 Å². The molecule has 0 N–H and O–H groups in total. The molecule has 0 saturated heterocycles. The maximum absolute atomic E-state index is 12.7. The first kappa shape index (κ1) is 17.8. The van der Waals surface area contributed by atoms with Crippen LogP contribution in [0, 0.1) is 6.43 Å². The van der Waals surface area contributed by atoms with E-state index in [2.05, 4.69) is 9.05 Å². The SMILES string of the molecule is CCOP(=O)(OCC)C(F)(F)[C-](F)F.[Cu+]. The van der Waals surface area contributed by atoms with Gasteiger partial charge in [-0.1, -0.05) is 0 Å². The summed E-state index contributed by atoms with van der Waals surface area (Å²) in [5.41, 5.74) is -4.85. The van der Waals surface area contributed by atoms with Crippen molar-refractivity contribution < 1.29 is 48.2 Å². The number of rotatable bonds is 6. The topological polar surface area (TPSA) is 35.5 Å². The zero-order valence-corrected chi connectivity index (χ0v) is 9.74. The number of hydrogen-bond acceptors (Lipinski definition) is 3. The Hall–Kier alpha value is 0.389. The molecular formula is C6H10CuF4O3P. The van der Waals surface area contributed by atoms with E-state index >= 15 is 0 Å². The summed E-state index contributed by atoms with van der Waals surface area (Å²) in [5.74, 6) is 0. The number of halogens is 4. The molecular weight excluding hydrogens is 291 g/mol. The van der Waals surface area contributed by atoms with Gasteiger partial charge in [-0.2, -0.15) is 0 Å². The number of hydrogen-bond donors (Lipinski definition) is 0. The van der Waals surface area contributed by atoms with Gasteiger partial charge >= 0.3 is 24.7 Å². The van der Waals surface area contributed by atoms with Crippen LogP contribution < -0.4 is 0 Å². The molecule has 0 aromatic carbocycles. The van der Waals surface area contributed by atoms with E-state index in [0.717, 1.165) is 0 Å². The Morgan fingerprint density at radius 3 is 1.73 bits per heavy atom. The third-order valence-electron chi connectivity index (χ3n) is 1.17. The summed E-state index contributed by atoms with van der Waals surface area (Å²) in [4.78, 5) is 0. The molecule has 9 heteroatoms. The molecule has 0 fully saturated rings. The van der Waals surface area contributed by atoms with Crippen molar-refractivity contribution in [2.24, 2.45) is 0 Å². The Kier molecular flexibility index (Phi) is 8.13. The maximum Gasteiger partial charge on any atom is 1.00 e. The van der Waals surface area contributed by atoms with Gasteiger partial charge < -0.3 is 17.8 Å². The molecule has 0 aliphatic rings. The van der Waals surface area contributed by atoms with E-state index in [9.17, 15) is 22.1 Å². The van der Waals surface area contributed by atoms with Crippen molar-refractivity contribution >= 4 is 7.60 Å². The van der Waals surface area contributed by atoms with E-state index in [1.54, 1.807) is 0 Å². The van der Waals surface area contributed by atoms with Crippen LogP contribution in [-0.2, 0) is 30.7 Å². The standard InChI is InChI=1S/C6H10F4O3P.Cu/c1-3-12-14(11,13-4-2)6(9,10)5(7)8;/h3-4H2,1-2H3;/q-1;+1. The first-order valence-electron chi connectivity index (χ1n) is 3.77. The van der Waals surface area contributed by atoms with Gasteiger partial charge in [-0.3, -0.25) is 4.57 Å². The van der Waals surface area contributed by atoms with E-state index in [4.69, 9.17) is 0 Å². The minimum absolute atomic E-state index is 0. The van der Waals surface area contributed by atoms with Gasteiger partial charge in [0, 0.05) is 0 Å². The van der Waals surface area contributed by atoms with Gasteiger partial charge in [-0.05, 0) is 13.8 Å². The van der Waals surface area contributed by atoms with Crippen LogP contribution in [0.1, 0.15) is 13.8 Å². The Balaban J connectivity index is 0. The van der Waals surface area contributed by atoms with Crippen LogP contribution in [0.5, 0.6) is 0 Å². The first-order valence-corrected chi connectivity index (χ1v) is 5.31. The van der Waals surface area contributed by atoms with E-state index in [0.29, 0.717) is 0 Å². The molecule has 0 spiro atoms. The van der Waals surface area contributed by atoms with Gasteiger partial charge in [-0.15, -0.1) is 0 Å². The van der Waals surface area contributed by atoms with Crippen molar-refractivity contribution in [3.8, 4) is 0 Å². The van der Waals surface area contributed by atoms with E-state index < -0.39 is 32.9 Å². The third-order valence-corrected chi connectivity index (χ3v) is 3.22. The summed E-state index contributed by atoms with van der Waals surface area (Å²) < 4.78 is 68.3. The largest absolute Gasteiger partial charge is 1.00 e. The summed E-state index contributed by atoms with van der Waals surface area (Å²) >= 11 is 0. The molecule has 0 heterocycles. The van der Waals surface area contributed by atoms with Crippen molar-refractivity contribution in [2.45, 2.75) is 19.5 Å². The summed E-state index contributed by atoms with van der Waals surface area (Å²) in [7, 11) is -5.10. The first-order chi connectivity index (χ1) is 6.31. The van der Waals surface area contributed by atoms with Crippen LogP contribution in [-0.4, -0.2) is 18.9 Å². The molecule has 0 amide bonds.